The first kappa shape index (κ1) is 17.7. The van der Waals surface area contributed by atoms with Crippen LogP contribution >= 0.6 is 0 Å². The lowest BCUT2D eigenvalue weighted by Crippen LogP contribution is -2.37. The molecule has 0 radical (unpaired) electrons. The summed E-state index contributed by atoms with van der Waals surface area (Å²) in [6, 6.07) is 4.51. The van der Waals surface area contributed by atoms with Gasteiger partial charge in [0.1, 0.15) is 17.5 Å². The molecule has 1 saturated carbocycles. The van der Waals surface area contributed by atoms with Crippen LogP contribution in [-0.4, -0.2) is 29.7 Å². The summed E-state index contributed by atoms with van der Waals surface area (Å²) in [6.07, 6.45) is 3.19. The van der Waals surface area contributed by atoms with Crippen molar-refractivity contribution in [3.05, 3.63) is 39.4 Å². The largest absolute Gasteiger partial charge is 0.381 e. The van der Waals surface area contributed by atoms with Crippen molar-refractivity contribution in [2.24, 2.45) is 11.8 Å². The highest BCUT2D eigenvalue weighted by molar-refractivity contribution is 6.10. The van der Waals surface area contributed by atoms with Gasteiger partial charge in [-0.05, 0) is 42.2 Å². The highest BCUT2D eigenvalue weighted by atomic mass is 16.6. The Morgan fingerprint density at radius 3 is 2.32 bits per heavy atom. The number of aryl methyl sites for hydroxylation is 1. The number of nitrogens with zero attached hydrogens (tertiary/aromatic N) is 1. The van der Waals surface area contributed by atoms with Crippen LogP contribution in [0.25, 0.3) is 0 Å². The van der Waals surface area contributed by atoms with Crippen LogP contribution in [0.3, 0.4) is 0 Å². The fourth-order valence-corrected chi connectivity index (χ4v) is 4.16. The molecule has 6 heteroatoms. The predicted molar refractivity (Wildman–Crippen MR) is 91.5 cm³/mol. The first-order valence-electron chi connectivity index (χ1n) is 8.91. The van der Waals surface area contributed by atoms with E-state index in [1.165, 1.54) is 12.1 Å². The molecular formula is C19H23NO5. The number of Topliss-reactive ketones (excluding diaryl/α,β-unsaturated/α-hetero) is 2. The minimum absolute atomic E-state index is 0.0700. The number of benzene rings is 1. The third-order valence-electron chi connectivity index (χ3n) is 5.54. The van der Waals surface area contributed by atoms with E-state index in [4.69, 9.17) is 4.74 Å². The molecule has 1 aliphatic heterocycles. The number of non-ortho nitro benzene ring substituents is 1. The van der Waals surface area contributed by atoms with Crippen molar-refractivity contribution in [2.75, 3.05) is 13.2 Å². The van der Waals surface area contributed by atoms with Crippen molar-refractivity contribution in [1.82, 2.24) is 0 Å². The van der Waals surface area contributed by atoms with Crippen molar-refractivity contribution in [3.63, 3.8) is 0 Å². The molecule has 6 nitrogen and oxygen atoms in total. The zero-order valence-electron chi connectivity index (χ0n) is 14.4. The van der Waals surface area contributed by atoms with Crippen LogP contribution in [-0.2, 0) is 20.7 Å². The number of ketones is 2. The maximum Gasteiger partial charge on any atom is 0.269 e. The van der Waals surface area contributed by atoms with Crippen LogP contribution in [0.2, 0.25) is 0 Å². The summed E-state index contributed by atoms with van der Waals surface area (Å²) in [7, 11) is 0. The Hall–Kier alpha value is -2.08. The van der Waals surface area contributed by atoms with Crippen molar-refractivity contribution in [2.45, 2.75) is 44.9 Å². The molecule has 3 rings (SSSR count). The van der Waals surface area contributed by atoms with Crippen LogP contribution in [0.5, 0.6) is 0 Å². The van der Waals surface area contributed by atoms with E-state index in [2.05, 4.69) is 0 Å². The van der Waals surface area contributed by atoms with Gasteiger partial charge in [0.2, 0.25) is 0 Å². The summed E-state index contributed by atoms with van der Waals surface area (Å²) in [4.78, 5) is 36.2. The monoisotopic (exact) mass is 345 g/mol. The van der Waals surface area contributed by atoms with E-state index in [1.807, 2.05) is 6.92 Å². The van der Waals surface area contributed by atoms with Gasteiger partial charge in [-0.3, -0.25) is 19.7 Å². The van der Waals surface area contributed by atoms with Crippen LogP contribution in [0.15, 0.2) is 18.2 Å². The molecule has 0 amide bonds. The molecule has 25 heavy (non-hydrogen) atoms. The minimum Gasteiger partial charge on any atom is -0.381 e. The van der Waals surface area contributed by atoms with Crippen molar-refractivity contribution < 1.29 is 19.2 Å². The van der Waals surface area contributed by atoms with Gasteiger partial charge in [0.05, 0.1) is 4.92 Å². The van der Waals surface area contributed by atoms with Crippen molar-refractivity contribution >= 4 is 17.3 Å². The first-order valence-corrected chi connectivity index (χ1v) is 8.91. The highest BCUT2D eigenvalue weighted by Gasteiger charge is 2.40. The lowest BCUT2D eigenvalue weighted by Gasteiger charge is -2.34. The second-order valence-electron chi connectivity index (χ2n) is 6.98. The minimum atomic E-state index is -0.842. The van der Waals surface area contributed by atoms with Crippen LogP contribution in [0.4, 0.5) is 5.69 Å². The molecule has 1 heterocycles. The smallest absolute Gasteiger partial charge is 0.269 e. The predicted octanol–water partition coefficient (Wildman–Crippen LogP) is 3.22. The van der Waals surface area contributed by atoms with E-state index in [0.717, 1.165) is 18.4 Å². The Balaban J connectivity index is 1.86. The molecule has 0 atom stereocenters. The van der Waals surface area contributed by atoms with Gasteiger partial charge >= 0.3 is 0 Å². The number of hydrogen-bond acceptors (Lipinski definition) is 5. The molecule has 2 aliphatic rings. The van der Waals surface area contributed by atoms with Gasteiger partial charge in [0, 0.05) is 38.2 Å². The van der Waals surface area contributed by atoms with E-state index in [1.54, 1.807) is 6.07 Å². The lowest BCUT2D eigenvalue weighted by molar-refractivity contribution is -0.384. The Labute approximate surface area is 146 Å². The van der Waals surface area contributed by atoms with E-state index in [-0.39, 0.29) is 23.2 Å². The number of rotatable bonds is 4. The second kappa shape index (κ2) is 7.44. The molecule has 1 aliphatic carbocycles. The van der Waals surface area contributed by atoms with Gasteiger partial charge in [-0.25, -0.2) is 0 Å². The molecule has 1 aromatic rings. The van der Waals surface area contributed by atoms with E-state index >= 15 is 0 Å². The van der Waals surface area contributed by atoms with E-state index in [0.29, 0.717) is 44.0 Å². The maximum absolute atomic E-state index is 12.8. The maximum atomic E-state index is 12.8. The van der Waals surface area contributed by atoms with Crippen molar-refractivity contribution in [1.29, 1.82) is 0 Å². The fourth-order valence-electron chi connectivity index (χ4n) is 4.16. The standard InChI is InChI=1S/C19H23NO5/c1-2-12-3-4-15(20(23)24)11-16(12)19-17(21)9-14(10-18(19)22)13-5-7-25-8-6-13/h3-4,11,13-14,19H,2,5-10H2,1H3. The highest BCUT2D eigenvalue weighted by Crippen LogP contribution is 2.39. The molecule has 1 saturated heterocycles. The molecule has 1 aromatic carbocycles. The number of ether oxygens (including phenoxy) is 1. The van der Waals surface area contributed by atoms with E-state index in [9.17, 15) is 19.7 Å². The first-order chi connectivity index (χ1) is 12.0. The molecular weight excluding hydrogens is 322 g/mol. The fraction of sp³-hybridized carbons (Fsp3) is 0.579. The van der Waals surface area contributed by atoms with Crippen LogP contribution < -0.4 is 0 Å². The summed E-state index contributed by atoms with van der Waals surface area (Å²) in [5.74, 6) is -0.584. The Bertz CT molecular complexity index is 675. The summed E-state index contributed by atoms with van der Waals surface area (Å²) >= 11 is 0. The zero-order chi connectivity index (χ0) is 18.0. The molecule has 2 fully saturated rings. The van der Waals surface area contributed by atoms with Crippen LogP contribution in [0.1, 0.15) is 49.7 Å². The average molecular weight is 345 g/mol. The Morgan fingerprint density at radius 1 is 1.12 bits per heavy atom. The molecule has 0 N–H and O–H groups in total. The SMILES string of the molecule is CCc1ccc([N+](=O)[O-])cc1C1C(=O)CC(C2CCOCC2)CC1=O. The molecule has 0 aromatic heterocycles. The number of hydrogen-bond donors (Lipinski definition) is 0. The third kappa shape index (κ3) is 3.63. The Kier molecular flexibility index (Phi) is 5.27. The van der Waals surface area contributed by atoms with E-state index < -0.39 is 10.8 Å². The van der Waals surface area contributed by atoms with Crippen molar-refractivity contribution in [3.8, 4) is 0 Å². The Morgan fingerprint density at radius 2 is 1.76 bits per heavy atom. The quantitative estimate of drug-likeness (QED) is 0.475. The lowest BCUT2D eigenvalue weighted by atomic mass is 9.70. The summed E-state index contributed by atoms with van der Waals surface area (Å²) in [6.45, 7) is 3.31. The second-order valence-corrected chi connectivity index (χ2v) is 6.98. The van der Waals surface area contributed by atoms with Gasteiger partial charge in [0.25, 0.3) is 5.69 Å². The van der Waals surface area contributed by atoms with Gasteiger partial charge in [0.15, 0.2) is 0 Å². The summed E-state index contributed by atoms with van der Waals surface area (Å²) < 4.78 is 5.37. The molecule has 134 valence electrons. The summed E-state index contributed by atoms with van der Waals surface area (Å²) in [5, 5.41) is 11.1. The molecule has 0 bridgehead atoms. The van der Waals surface area contributed by atoms with Gasteiger partial charge in [-0.1, -0.05) is 13.0 Å². The number of nitro benzene ring substituents is 1. The van der Waals surface area contributed by atoms with Crippen LogP contribution in [0, 0.1) is 22.0 Å². The number of carbonyl (C=O) groups is 2. The average Bonchev–Trinajstić information content (AvgIpc) is 2.61. The molecule has 0 spiro atoms. The van der Waals surface area contributed by atoms with Gasteiger partial charge in [-0.2, -0.15) is 0 Å². The van der Waals surface area contributed by atoms with Gasteiger partial charge in [-0.15, -0.1) is 0 Å². The zero-order valence-corrected chi connectivity index (χ0v) is 14.4. The van der Waals surface area contributed by atoms with Gasteiger partial charge < -0.3 is 4.74 Å². The number of carbonyl (C=O) groups excluding carboxylic acids is 2. The molecule has 0 unspecified atom stereocenters. The normalized spacial score (nSPS) is 25.2. The number of nitro groups is 1. The summed E-state index contributed by atoms with van der Waals surface area (Å²) in [5.41, 5.74) is 1.29. The topological polar surface area (TPSA) is 86.5 Å². The third-order valence-corrected chi connectivity index (χ3v) is 5.54.